The second-order valence-electron chi connectivity index (χ2n) is 13.4. The predicted molar refractivity (Wildman–Crippen MR) is 177 cm³/mol. The van der Waals surface area contributed by atoms with Gasteiger partial charge in [0.15, 0.2) is 23.2 Å². The van der Waals surface area contributed by atoms with Gasteiger partial charge in [0.25, 0.3) is 0 Å². The van der Waals surface area contributed by atoms with Gasteiger partial charge in [-0.2, -0.15) is 0 Å². The molecule has 1 aromatic carbocycles. The molecular weight excluding hydrogens is 538 g/mol. The van der Waals surface area contributed by atoms with Gasteiger partial charge in [0.05, 0.1) is 6.10 Å². The lowest BCUT2D eigenvalue weighted by molar-refractivity contribution is -0.114. The number of benzene rings is 1. The number of phenols is 1. The van der Waals surface area contributed by atoms with Crippen LogP contribution in [0, 0.1) is 17.8 Å². The molecule has 0 aromatic heterocycles. The highest BCUT2D eigenvalue weighted by molar-refractivity contribution is 5.89. The minimum Gasteiger partial charge on any atom is -0.504 e. The number of rotatable bonds is 20. The number of hydrogen-bond acceptors (Lipinski definition) is 5. The summed E-state index contributed by atoms with van der Waals surface area (Å²) in [6, 6.07) is 4.09. The molecule has 2 aliphatic carbocycles. The fourth-order valence-corrected chi connectivity index (χ4v) is 6.92. The molecule has 0 amide bonds. The molecule has 2 atom stereocenters. The average molecular weight is 598 g/mol. The normalized spacial score (nSPS) is 17.6. The van der Waals surface area contributed by atoms with E-state index < -0.39 is 0 Å². The third-order valence-electron chi connectivity index (χ3n) is 9.37. The minimum absolute atomic E-state index is 0.0821. The summed E-state index contributed by atoms with van der Waals surface area (Å²) in [6.45, 7) is 5.62. The van der Waals surface area contributed by atoms with Gasteiger partial charge in [-0.3, -0.25) is 9.79 Å². The molecule has 43 heavy (non-hydrogen) atoms. The number of carbonyl (C=O) groups excluding carboxylic acids is 1. The van der Waals surface area contributed by atoms with Crippen molar-refractivity contribution < 1.29 is 19.4 Å². The monoisotopic (exact) mass is 597 g/mol. The van der Waals surface area contributed by atoms with E-state index in [9.17, 15) is 9.90 Å². The average Bonchev–Trinajstić information content (AvgIpc) is 3.69. The van der Waals surface area contributed by atoms with Crippen molar-refractivity contribution >= 4 is 11.7 Å². The van der Waals surface area contributed by atoms with E-state index in [0.717, 1.165) is 74.8 Å². The van der Waals surface area contributed by atoms with Crippen LogP contribution in [0.4, 0.5) is 0 Å². The Morgan fingerprint density at radius 1 is 1.07 bits per heavy atom. The number of allylic oxidation sites excluding steroid dienone is 2. The standard InChI is InChI=1S/C36H59N3O4/c1-26(2)18-21-32(29(25-42-3)14-10-22-39-36(37)38)33-23-28(24-34(35(33)41)43-31-16-8-9-17-31)19-20-30(40)15-7-6-13-27-11-4-5-12-27/h7,15,23-24,26-27,29,31-32,41H,4-6,8-14,16-22,25H2,1-3H3,(H4,37,38,39)/t29-,32-/m0/s1. The van der Waals surface area contributed by atoms with E-state index in [1.165, 1.54) is 32.1 Å². The van der Waals surface area contributed by atoms with E-state index in [2.05, 4.69) is 31.0 Å². The lowest BCUT2D eigenvalue weighted by atomic mass is 9.78. The molecule has 7 heteroatoms. The molecule has 0 heterocycles. The zero-order chi connectivity index (χ0) is 31.0. The van der Waals surface area contributed by atoms with Crippen molar-refractivity contribution in [2.75, 3.05) is 20.3 Å². The summed E-state index contributed by atoms with van der Waals surface area (Å²) in [6.07, 6.45) is 20.6. The number of aryl methyl sites for hydroxylation is 1. The first kappa shape index (κ1) is 34.9. The van der Waals surface area contributed by atoms with Gasteiger partial charge in [-0.1, -0.05) is 58.1 Å². The summed E-state index contributed by atoms with van der Waals surface area (Å²) in [5.74, 6) is 2.71. The van der Waals surface area contributed by atoms with Crippen molar-refractivity contribution in [1.29, 1.82) is 0 Å². The number of aromatic hydroxyl groups is 1. The topological polar surface area (TPSA) is 120 Å². The molecule has 2 saturated carbocycles. The van der Waals surface area contributed by atoms with Crippen LogP contribution in [-0.4, -0.2) is 43.2 Å². The Kier molecular flexibility index (Phi) is 15.4. The van der Waals surface area contributed by atoms with Crippen LogP contribution < -0.4 is 16.2 Å². The summed E-state index contributed by atoms with van der Waals surface area (Å²) >= 11 is 0. The van der Waals surface area contributed by atoms with Crippen LogP contribution >= 0.6 is 0 Å². The third kappa shape index (κ3) is 12.5. The van der Waals surface area contributed by atoms with Crippen LogP contribution in [0.15, 0.2) is 29.3 Å². The van der Waals surface area contributed by atoms with Gasteiger partial charge in [-0.05, 0) is 106 Å². The Balaban J connectivity index is 1.81. The number of nitrogens with zero attached hydrogens (tertiary/aromatic N) is 1. The van der Waals surface area contributed by atoms with Gasteiger partial charge in [-0.25, -0.2) is 0 Å². The molecule has 0 saturated heterocycles. The Bertz CT molecular complexity index is 1020. The van der Waals surface area contributed by atoms with Crippen molar-refractivity contribution in [3.05, 3.63) is 35.4 Å². The van der Waals surface area contributed by atoms with Gasteiger partial charge >= 0.3 is 0 Å². The first-order valence-corrected chi connectivity index (χ1v) is 17.0. The number of ether oxygens (including phenoxy) is 2. The van der Waals surface area contributed by atoms with Crippen LogP contribution in [0.3, 0.4) is 0 Å². The molecule has 7 nitrogen and oxygen atoms in total. The number of hydrogen-bond donors (Lipinski definition) is 3. The van der Waals surface area contributed by atoms with E-state index >= 15 is 0 Å². The van der Waals surface area contributed by atoms with E-state index in [4.69, 9.17) is 20.9 Å². The van der Waals surface area contributed by atoms with E-state index in [0.29, 0.717) is 37.7 Å². The molecule has 0 spiro atoms. The first-order chi connectivity index (χ1) is 20.8. The summed E-state index contributed by atoms with van der Waals surface area (Å²) < 4.78 is 12.1. The van der Waals surface area contributed by atoms with Crippen LogP contribution in [0.2, 0.25) is 0 Å². The number of aliphatic imine (C=N–C) groups is 1. The summed E-state index contributed by atoms with van der Waals surface area (Å²) in [7, 11) is 1.74. The molecular formula is C36H59N3O4. The highest BCUT2D eigenvalue weighted by Gasteiger charge is 2.29. The Hall–Kier alpha value is -2.54. The van der Waals surface area contributed by atoms with Gasteiger partial charge in [-0.15, -0.1) is 0 Å². The predicted octanol–water partition coefficient (Wildman–Crippen LogP) is 7.58. The fourth-order valence-electron chi connectivity index (χ4n) is 6.92. The lowest BCUT2D eigenvalue weighted by Crippen LogP contribution is -2.23. The molecule has 5 N–H and O–H groups in total. The molecule has 2 aliphatic rings. The highest BCUT2D eigenvalue weighted by Crippen LogP contribution is 2.44. The number of carbonyl (C=O) groups is 1. The van der Waals surface area contributed by atoms with Gasteiger partial charge in [0, 0.05) is 32.2 Å². The molecule has 1 aromatic rings. The van der Waals surface area contributed by atoms with Crippen molar-refractivity contribution in [3.8, 4) is 11.5 Å². The number of phenolic OH excluding ortho intramolecular Hbond substituents is 1. The number of guanidine groups is 1. The molecule has 0 unspecified atom stereocenters. The summed E-state index contributed by atoms with van der Waals surface area (Å²) in [5, 5.41) is 11.7. The van der Waals surface area contributed by atoms with Crippen molar-refractivity contribution in [2.45, 2.75) is 129 Å². The Labute approximate surface area is 260 Å². The quantitative estimate of drug-likeness (QED) is 0.0617. The zero-order valence-electron chi connectivity index (χ0n) is 27.2. The van der Waals surface area contributed by atoms with E-state index in [1.807, 2.05) is 6.07 Å². The minimum atomic E-state index is 0.0821. The molecule has 242 valence electrons. The maximum absolute atomic E-state index is 12.8. The third-order valence-corrected chi connectivity index (χ3v) is 9.37. The smallest absolute Gasteiger partial charge is 0.185 e. The summed E-state index contributed by atoms with van der Waals surface area (Å²) in [5.41, 5.74) is 13.1. The number of methoxy groups -OCH3 is 1. The second kappa shape index (κ2) is 19.0. The lowest BCUT2D eigenvalue weighted by Gasteiger charge is -2.30. The van der Waals surface area contributed by atoms with Crippen molar-refractivity contribution in [3.63, 3.8) is 0 Å². The number of nitrogens with two attached hydrogens (primary N) is 2. The fraction of sp³-hybridized carbons (Fsp3) is 0.722. The number of ketones is 1. The van der Waals surface area contributed by atoms with Gasteiger partial charge < -0.3 is 26.0 Å². The van der Waals surface area contributed by atoms with Crippen LogP contribution in [0.5, 0.6) is 11.5 Å². The molecule has 0 aliphatic heterocycles. The Morgan fingerprint density at radius 3 is 2.47 bits per heavy atom. The maximum atomic E-state index is 12.8. The van der Waals surface area contributed by atoms with Crippen LogP contribution in [0.1, 0.15) is 127 Å². The van der Waals surface area contributed by atoms with Gasteiger partial charge in [0.1, 0.15) is 0 Å². The first-order valence-electron chi connectivity index (χ1n) is 17.0. The summed E-state index contributed by atoms with van der Waals surface area (Å²) in [4.78, 5) is 17.0. The SMILES string of the molecule is COC[C@H](CCCN=C(N)N)[C@H](CCC(C)C)c1cc(CCC(=O)C=CCCC2CCCC2)cc(OC2CCCC2)c1O. The largest absolute Gasteiger partial charge is 0.504 e. The molecule has 3 rings (SSSR count). The van der Waals surface area contributed by atoms with E-state index in [-0.39, 0.29) is 35.4 Å². The zero-order valence-corrected chi connectivity index (χ0v) is 27.2. The van der Waals surface area contributed by atoms with Crippen molar-refractivity contribution in [2.24, 2.45) is 34.2 Å². The second-order valence-corrected chi connectivity index (χ2v) is 13.4. The molecule has 0 bridgehead atoms. The van der Waals surface area contributed by atoms with E-state index in [1.54, 1.807) is 13.2 Å². The molecule has 2 fully saturated rings. The van der Waals surface area contributed by atoms with Crippen LogP contribution in [-0.2, 0) is 16.0 Å². The van der Waals surface area contributed by atoms with Gasteiger partial charge in [0.2, 0.25) is 0 Å². The maximum Gasteiger partial charge on any atom is 0.185 e. The Morgan fingerprint density at radius 2 is 1.79 bits per heavy atom. The van der Waals surface area contributed by atoms with Crippen LogP contribution in [0.25, 0.3) is 0 Å². The highest BCUT2D eigenvalue weighted by atomic mass is 16.5. The van der Waals surface area contributed by atoms with Crippen molar-refractivity contribution in [1.82, 2.24) is 0 Å². The molecule has 0 radical (unpaired) electrons.